The van der Waals surface area contributed by atoms with Gasteiger partial charge in [0.2, 0.25) is 0 Å². The molecule has 112 valence electrons. The Morgan fingerprint density at radius 1 is 1.33 bits per heavy atom. The van der Waals surface area contributed by atoms with Gasteiger partial charge >= 0.3 is 11.9 Å². The van der Waals surface area contributed by atoms with Gasteiger partial charge in [0.25, 0.3) is 0 Å². The quantitative estimate of drug-likeness (QED) is 0.829. The highest BCUT2D eigenvalue weighted by molar-refractivity contribution is 5.87. The van der Waals surface area contributed by atoms with Crippen LogP contribution in [0.15, 0.2) is 12.1 Å². The Hall–Kier alpha value is -2.18. The van der Waals surface area contributed by atoms with Crippen LogP contribution in [0.5, 0.6) is 0 Å². The van der Waals surface area contributed by atoms with Gasteiger partial charge in [0.1, 0.15) is 6.04 Å². The number of nitrogens with zero attached hydrogens (tertiary/aromatic N) is 3. The molecule has 1 saturated heterocycles. The van der Waals surface area contributed by atoms with Crippen molar-refractivity contribution < 1.29 is 19.4 Å². The summed E-state index contributed by atoms with van der Waals surface area (Å²) in [6.07, 6.45) is 3.12. The monoisotopic (exact) mass is 291 g/mol. The minimum atomic E-state index is -0.816. The van der Waals surface area contributed by atoms with Gasteiger partial charge < -0.3 is 14.7 Å². The van der Waals surface area contributed by atoms with E-state index >= 15 is 0 Å². The molecule has 0 bridgehead atoms. The first-order valence-electron chi connectivity index (χ1n) is 7.03. The number of anilines is 1. The topological polar surface area (TPSA) is 92.6 Å². The van der Waals surface area contributed by atoms with Crippen LogP contribution < -0.4 is 4.90 Å². The highest BCUT2D eigenvalue weighted by Gasteiger charge is 2.48. The normalized spacial score (nSPS) is 27.5. The Morgan fingerprint density at radius 2 is 2.14 bits per heavy atom. The summed E-state index contributed by atoms with van der Waals surface area (Å²) in [5, 5.41) is 17.3. The Balaban J connectivity index is 1.85. The van der Waals surface area contributed by atoms with Crippen molar-refractivity contribution >= 4 is 17.8 Å². The summed E-state index contributed by atoms with van der Waals surface area (Å²) in [5.74, 6) is -0.271. The van der Waals surface area contributed by atoms with Crippen molar-refractivity contribution in [1.82, 2.24) is 10.2 Å². The molecule has 21 heavy (non-hydrogen) atoms. The van der Waals surface area contributed by atoms with Gasteiger partial charge in [-0.05, 0) is 36.8 Å². The number of hydrogen-bond donors (Lipinski definition) is 1. The number of fused-ring (bicyclic) bond motifs is 1. The molecule has 0 radical (unpaired) electrons. The van der Waals surface area contributed by atoms with Crippen LogP contribution in [-0.2, 0) is 9.53 Å². The number of carbonyl (C=O) groups is 2. The van der Waals surface area contributed by atoms with E-state index in [0.717, 1.165) is 19.3 Å². The van der Waals surface area contributed by atoms with E-state index in [1.807, 2.05) is 0 Å². The van der Waals surface area contributed by atoms with E-state index in [1.54, 1.807) is 11.0 Å². The van der Waals surface area contributed by atoms with Gasteiger partial charge in [0, 0.05) is 6.54 Å². The minimum Gasteiger partial charge on any atom is -0.480 e. The third kappa shape index (κ3) is 2.32. The second-order valence-electron chi connectivity index (χ2n) is 5.56. The number of aliphatic carboxylic acids is 1. The van der Waals surface area contributed by atoms with Crippen molar-refractivity contribution in [1.29, 1.82) is 0 Å². The number of rotatable bonds is 3. The molecule has 3 unspecified atom stereocenters. The van der Waals surface area contributed by atoms with Crippen molar-refractivity contribution in [3.8, 4) is 0 Å². The first-order chi connectivity index (χ1) is 10.1. The lowest BCUT2D eigenvalue weighted by atomic mass is 9.94. The highest BCUT2D eigenvalue weighted by atomic mass is 16.5. The van der Waals surface area contributed by atoms with Gasteiger partial charge in [-0.25, -0.2) is 9.59 Å². The molecule has 3 atom stereocenters. The summed E-state index contributed by atoms with van der Waals surface area (Å²) in [6.45, 7) is 0.688. The second-order valence-corrected chi connectivity index (χ2v) is 5.56. The van der Waals surface area contributed by atoms with Crippen LogP contribution in [-0.4, -0.2) is 46.9 Å². The van der Waals surface area contributed by atoms with E-state index in [2.05, 4.69) is 14.9 Å². The van der Waals surface area contributed by atoms with E-state index in [0.29, 0.717) is 18.3 Å². The Kier molecular flexibility index (Phi) is 3.48. The van der Waals surface area contributed by atoms with Crippen LogP contribution in [0.3, 0.4) is 0 Å². The fraction of sp³-hybridized carbons (Fsp3) is 0.571. The molecule has 1 aromatic heterocycles. The van der Waals surface area contributed by atoms with Crippen molar-refractivity contribution in [2.24, 2.45) is 11.8 Å². The number of ether oxygens (including phenoxy) is 1. The molecule has 7 heteroatoms. The zero-order chi connectivity index (χ0) is 15.0. The molecule has 2 fully saturated rings. The molecule has 1 N–H and O–H groups in total. The van der Waals surface area contributed by atoms with Gasteiger partial charge in [0.05, 0.1) is 7.11 Å². The van der Waals surface area contributed by atoms with Gasteiger partial charge in [0.15, 0.2) is 11.5 Å². The van der Waals surface area contributed by atoms with E-state index in [1.165, 1.54) is 13.2 Å². The average Bonchev–Trinajstić information content (AvgIpc) is 3.06. The van der Waals surface area contributed by atoms with Crippen LogP contribution in [0.4, 0.5) is 5.82 Å². The maximum atomic E-state index is 11.6. The lowest BCUT2D eigenvalue weighted by molar-refractivity contribution is -0.139. The lowest BCUT2D eigenvalue weighted by Gasteiger charge is -2.24. The summed E-state index contributed by atoms with van der Waals surface area (Å²) in [6, 6.07) is 2.60. The van der Waals surface area contributed by atoms with Crippen LogP contribution >= 0.6 is 0 Å². The predicted octanol–water partition coefficient (Wildman–Crippen LogP) is 0.953. The number of methoxy groups -OCH3 is 1. The zero-order valence-corrected chi connectivity index (χ0v) is 11.7. The first kappa shape index (κ1) is 13.8. The molecule has 0 aromatic carbocycles. The summed E-state index contributed by atoms with van der Waals surface area (Å²) in [7, 11) is 1.28. The molecule has 3 rings (SSSR count). The van der Waals surface area contributed by atoms with Crippen LogP contribution in [0.1, 0.15) is 29.8 Å². The fourth-order valence-corrected chi connectivity index (χ4v) is 3.55. The number of carbonyl (C=O) groups excluding carboxylic acids is 1. The fourth-order valence-electron chi connectivity index (χ4n) is 3.55. The van der Waals surface area contributed by atoms with E-state index in [9.17, 15) is 14.7 Å². The molecule has 1 saturated carbocycles. The smallest absolute Gasteiger partial charge is 0.358 e. The molecule has 2 heterocycles. The number of hydrogen-bond acceptors (Lipinski definition) is 6. The van der Waals surface area contributed by atoms with Gasteiger partial charge in [-0.15, -0.1) is 10.2 Å². The third-order valence-corrected chi connectivity index (χ3v) is 4.48. The Morgan fingerprint density at radius 3 is 2.76 bits per heavy atom. The molecule has 7 nitrogen and oxygen atoms in total. The van der Waals surface area contributed by atoms with E-state index < -0.39 is 18.0 Å². The van der Waals surface area contributed by atoms with Crippen LogP contribution in [0.2, 0.25) is 0 Å². The number of aromatic nitrogens is 2. The zero-order valence-electron chi connectivity index (χ0n) is 11.7. The van der Waals surface area contributed by atoms with Gasteiger partial charge in [-0.3, -0.25) is 0 Å². The number of esters is 1. The minimum absolute atomic E-state index is 0.118. The van der Waals surface area contributed by atoms with Gasteiger partial charge in [-0.1, -0.05) is 6.42 Å². The first-order valence-corrected chi connectivity index (χ1v) is 7.03. The summed E-state index contributed by atoms with van der Waals surface area (Å²) < 4.78 is 4.57. The van der Waals surface area contributed by atoms with Crippen molar-refractivity contribution in [2.75, 3.05) is 18.6 Å². The highest BCUT2D eigenvalue weighted by Crippen LogP contribution is 2.43. The standard InChI is InChI=1S/C14H17N3O4/c1-21-14(20)10-5-6-11(16-15-10)17-7-8-3-2-4-9(8)12(17)13(18)19/h5-6,8-9,12H,2-4,7H2,1H3,(H,18,19). The van der Waals surface area contributed by atoms with Crippen LogP contribution in [0.25, 0.3) is 0 Å². The van der Waals surface area contributed by atoms with Crippen LogP contribution in [0, 0.1) is 11.8 Å². The maximum Gasteiger partial charge on any atom is 0.358 e. The third-order valence-electron chi connectivity index (χ3n) is 4.48. The summed E-state index contributed by atoms with van der Waals surface area (Å²) in [5.41, 5.74) is 0.118. The van der Waals surface area contributed by atoms with E-state index in [4.69, 9.17) is 0 Å². The van der Waals surface area contributed by atoms with Crippen molar-refractivity contribution in [2.45, 2.75) is 25.3 Å². The predicted molar refractivity (Wildman–Crippen MR) is 73.0 cm³/mol. The maximum absolute atomic E-state index is 11.6. The Bertz CT molecular complexity index is 560. The van der Waals surface area contributed by atoms with Crippen molar-refractivity contribution in [3.05, 3.63) is 17.8 Å². The summed E-state index contributed by atoms with van der Waals surface area (Å²) in [4.78, 5) is 24.7. The molecular formula is C14H17N3O4. The SMILES string of the molecule is COC(=O)c1ccc(N2CC3CCCC3C2C(=O)O)nn1. The lowest BCUT2D eigenvalue weighted by Crippen LogP contribution is -2.40. The Labute approximate surface area is 121 Å². The second kappa shape index (κ2) is 5.31. The van der Waals surface area contributed by atoms with E-state index in [-0.39, 0.29) is 11.6 Å². The van der Waals surface area contributed by atoms with Gasteiger partial charge in [-0.2, -0.15) is 0 Å². The molecule has 1 aliphatic carbocycles. The molecule has 1 aromatic rings. The molecule has 1 aliphatic heterocycles. The molecular weight excluding hydrogens is 274 g/mol. The largest absolute Gasteiger partial charge is 0.480 e. The number of carboxylic acids is 1. The summed E-state index contributed by atoms with van der Waals surface area (Å²) >= 11 is 0. The molecule has 0 spiro atoms. The average molecular weight is 291 g/mol. The molecule has 0 amide bonds. The van der Waals surface area contributed by atoms with Crippen molar-refractivity contribution in [3.63, 3.8) is 0 Å². The molecule has 2 aliphatic rings. The number of carboxylic acid groups (broad SMARTS) is 1.